The highest BCUT2D eigenvalue weighted by molar-refractivity contribution is 6.31. The van der Waals surface area contributed by atoms with Crippen LogP contribution in [0.1, 0.15) is 12.0 Å². The number of benzene rings is 1. The molecule has 0 saturated heterocycles. The third-order valence-electron chi connectivity index (χ3n) is 2.98. The van der Waals surface area contributed by atoms with Gasteiger partial charge in [0.05, 0.1) is 5.92 Å². The van der Waals surface area contributed by atoms with Gasteiger partial charge in [0.1, 0.15) is 0 Å². The van der Waals surface area contributed by atoms with Gasteiger partial charge in [-0.05, 0) is 37.0 Å². The Morgan fingerprint density at radius 2 is 2.38 bits per heavy atom. The third-order valence-corrected chi connectivity index (χ3v) is 3.39. The molecule has 0 heterocycles. The van der Waals surface area contributed by atoms with Gasteiger partial charge >= 0.3 is 5.97 Å². The zero-order valence-corrected chi connectivity index (χ0v) is 9.79. The lowest BCUT2D eigenvalue weighted by Crippen LogP contribution is -2.08. The normalized spacial score (nSPS) is 22.9. The molecule has 0 amide bonds. The molecule has 4 heteroatoms. The van der Waals surface area contributed by atoms with Crippen molar-refractivity contribution in [3.63, 3.8) is 0 Å². The largest absolute Gasteiger partial charge is 0.481 e. The third kappa shape index (κ3) is 2.47. The molecule has 2 unspecified atom stereocenters. The summed E-state index contributed by atoms with van der Waals surface area (Å²) >= 11 is 5.99. The Morgan fingerprint density at radius 1 is 1.62 bits per heavy atom. The molecule has 2 N–H and O–H groups in total. The predicted octanol–water partition coefficient (Wildman–Crippen LogP) is 2.78. The Kier molecular flexibility index (Phi) is 3.06. The number of anilines is 1. The topological polar surface area (TPSA) is 49.3 Å². The lowest BCUT2D eigenvalue weighted by atomic mass is 10.2. The summed E-state index contributed by atoms with van der Waals surface area (Å²) in [6.07, 6.45) is 0.780. The molecular weight excluding hydrogens is 226 g/mol. The number of rotatable bonds is 4. The van der Waals surface area contributed by atoms with Gasteiger partial charge in [-0.2, -0.15) is 0 Å². The first-order chi connectivity index (χ1) is 7.58. The van der Waals surface area contributed by atoms with E-state index in [1.54, 1.807) is 0 Å². The zero-order chi connectivity index (χ0) is 11.7. The number of carboxylic acids is 1. The van der Waals surface area contributed by atoms with Gasteiger partial charge in [0.25, 0.3) is 0 Å². The van der Waals surface area contributed by atoms with Crippen molar-refractivity contribution in [2.75, 3.05) is 11.9 Å². The highest BCUT2D eigenvalue weighted by Gasteiger charge is 2.42. The van der Waals surface area contributed by atoms with Crippen molar-refractivity contribution in [3.8, 4) is 0 Å². The van der Waals surface area contributed by atoms with Crippen molar-refractivity contribution in [1.29, 1.82) is 0 Å². The minimum Gasteiger partial charge on any atom is -0.481 e. The van der Waals surface area contributed by atoms with Crippen molar-refractivity contribution in [3.05, 3.63) is 28.8 Å². The molecule has 1 saturated carbocycles. The summed E-state index contributed by atoms with van der Waals surface area (Å²) in [6, 6.07) is 5.78. The summed E-state index contributed by atoms with van der Waals surface area (Å²) in [5.74, 6) is -0.584. The van der Waals surface area contributed by atoms with E-state index in [1.807, 2.05) is 25.1 Å². The highest BCUT2D eigenvalue weighted by Crippen LogP contribution is 2.38. The molecule has 2 atom stereocenters. The second kappa shape index (κ2) is 4.34. The van der Waals surface area contributed by atoms with E-state index in [9.17, 15) is 4.79 Å². The fourth-order valence-electron chi connectivity index (χ4n) is 1.73. The molecule has 1 aromatic carbocycles. The molecule has 1 aliphatic rings. The maximum Gasteiger partial charge on any atom is 0.306 e. The Balaban J connectivity index is 1.87. The average molecular weight is 240 g/mol. The van der Waals surface area contributed by atoms with Gasteiger partial charge in [0.15, 0.2) is 0 Å². The van der Waals surface area contributed by atoms with Crippen LogP contribution in [-0.4, -0.2) is 17.6 Å². The van der Waals surface area contributed by atoms with Crippen molar-refractivity contribution in [2.24, 2.45) is 11.8 Å². The van der Waals surface area contributed by atoms with Crippen molar-refractivity contribution < 1.29 is 9.90 Å². The molecule has 1 fully saturated rings. The van der Waals surface area contributed by atoms with E-state index in [0.717, 1.165) is 22.7 Å². The first-order valence-corrected chi connectivity index (χ1v) is 5.68. The molecule has 3 nitrogen and oxygen atoms in total. The number of hydrogen-bond acceptors (Lipinski definition) is 2. The lowest BCUT2D eigenvalue weighted by Gasteiger charge is -2.07. The number of carbonyl (C=O) groups is 1. The summed E-state index contributed by atoms with van der Waals surface area (Å²) in [4.78, 5) is 10.6. The van der Waals surface area contributed by atoms with E-state index >= 15 is 0 Å². The van der Waals surface area contributed by atoms with Crippen LogP contribution in [-0.2, 0) is 4.79 Å². The molecule has 86 valence electrons. The van der Waals surface area contributed by atoms with Crippen molar-refractivity contribution in [1.82, 2.24) is 0 Å². The fourth-order valence-corrected chi connectivity index (χ4v) is 1.91. The predicted molar refractivity (Wildman–Crippen MR) is 63.9 cm³/mol. The molecule has 1 aliphatic carbocycles. The quantitative estimate of drug-likeness (QED) is 0.850. The van der Waals surface area contributed by atoms with E-state index in [0.29, 0.717) is 6.54 Å². The van der Waals surface area contributed by atoms with Crippen LogP contribution in [0, 0.1) is 18.8 Å². The lowest BCUT2D eigenvalue weighted by molar-refractivity contribution is -0.138. The molecule has 1 aromatic rings. The minimum atomic E-state index is -0.686. The van der Waals surface area contributed by atoms with Gasteiger partial charge in [-0.15, -0.1) is 0 Å². The zero-order valence-electron chi connectivity index (χ0n) is 9.03. The van der Waals surface area contributed by atoms with Crippen LogP contribution in [0.3, 0.4) is 0 Å². The number of carboxylic acid groups (broad SMARTS) is 1. The number of hydrogen-bond donors (Lipinski definition) is 2. The summed E-state index contributed by atoms with van der Waals surface area (Å²) in [7, 11) is 0. The Morgan fingerprint density at radius 3 is 2.94 bits per heavy atom. The first kappa shape index (κ1) is 11.3. The van der Waals surface area contributed by atoms with Gasteiger partial charge < -0.3 is 10.4 Å². The molecular formula is C12H14ClNO2. The van der Waals surface area contributed by atoms with Gasteiger partial charge in [-0.25, -0.2) is 0 Å². The smallest absolute Gasteiger partial charge is 0.306 e. The summed E-state index contributed by atoms with van der Waals surface area (Å²) in [5, 5.41) is 12.7. The Labute approximate surface area is 99.4 Å². The van der Waals surface area contributed by atoms with Crippen LogP contribution in [0.15, 0.2) is 18.2 Å². The monoisotopic (exact) mass is 239 g/mol. The molecule has 0 spiro atoms. The van der Waals surface area contributed by atoms with E-state index in [1.165, 1.54) is 0 Å². The minimum absolute atomic E-state index is 0.159. The molecule has 0 aliphatic heterocycles. The maximum atomic E-state index is 10.6. The first-order valence-electron chi connectivity index (χ1n) is 5.31. The number of nitrogens with one attached hydrogen (secondary N) is 1. The van der Waals surface area contributed by atoms with Crippen LogP contribution in [0.25, 0.3) is 0 Å². The standard InChI is InChI=1S/C12H14ClNO2/c1-7-2-3-9(5-11(7)13)14-6-8-4-10(8)12(15)16/h2-3,5,8,10,14H,4,6H2,1H3,(H,15,16). The fraction of sp³-hybridized carbons (Fsp3) is 0.417. The van der Waals surface area contributed by atoms with Crippen LogP contribution >= 0.6 is 11.6 Å². The molecule has 0 bridgehead atoms. The van der Waals surface area contributed by atoms with Crippen LogP contribution < -0.4 is 5.32 Å². The van der Waals surface area contributed by atoms with Crippen molar-refractivity contribution in [2.45, 2.75) is 13.3 Å². The number of aliphatic carboxylic acids is 1. The van der Waals surface area contributed by atoms with Gasteiger partial charge in [-0.1, -0.05) is 17.7 Å². The SMILES string of the molecule is Cc1ccc(NCC2CC2C(=O)O)cc1Cl. The molecule has 2 rings (SSSR count). The molecule has 0 radical (unpaired) electrons. The number of aryl methyl sites for hydroxylation is 1. The van der Waals surface area contributed by atoms with Crippen LogP contribution in [0.5, 0.6) is 0 Å². The van der Waals surface area contributed by atoms with Crippen LogP contribution in [0.2, 0.25) is 5.02 Å². The number of halogens is 1. The van der Waals surface area contributed by atoms with E-state index < -0.39 is 5.97 Å². The Hall–Kier alpha value is -1.22. The summed E-state index contributed by atoms with van der Waals surface area (Å²) < 4.78 is 0. The van der Waals surface area contributed by atoms with Gasteiger partial charge in [-0.3, -0.25) is 4.79 Å². The maximum absolute atomic E-state index is 10.6. The second-order valence-electron chi connectivity index (χ2n) is 4.29. The molecule has 0 aromatic heterocycles. The Bertz CT molecular complexity index is 419. The summed E-state index contributed by atoms with van der Waals surface area (Å²) in [6.45, 7) is 2.66. The van der Waals surface area contributed by atoms with E-state index in [2.05, 4.69) is 5.32 Å². The molecule has 16 heavy (non-hydrogen) atoms. The van der Waals surface area contributed by atoms with Gasteiger partial charge in [0.2, 0.25) is 0 Å². The summed E-state index contributed by atoms with van der Waals surface area (Å²) in [5.41, 5.74) is 1.99. The average Bonchev–Trinajstić information content (AvgIpc) is 2.99. The van der Waals surface area contributed by atoms with Crippen LogP contribution in [0.4, 0.5) is 5.69 Å². The van der Waals surface area contributed by atoms with Gasteiger partial charge in [0, 0.05) is 17.3 Å². The van der Waals surface area contributed by atoms with E-state index in [-0.39, 0.29) is 11.8 Å². The second-order valence-corrected chi connectivity index (χ2v) is 4.69. The van der Waals surface area contributed by atoms with Crippen molar-refractivity contribution >= 4 is 23.3 Å². The van der Waals surface area contributed by atoms with E-state index in [4.69, 9.17) is 16.7 Å². The highest BCUT2D eigenvalue weighted by atomic mass is 35.5.